The van der Waals surface area contributed by atoms with Gasteiger partial charge in [0.15, 0.2) is 0 Å². The van der Waals surface area contributed by atoms with Crippen LogP contribution < -0.4 is 21.3 Å². The number of nitrogen functional groups attached to an aromatic ring is 1. The molecule has 0 unspecified atom stereocenters. The maximum Gasteiger partial charge on any atom is 0.255 e. The van der Waals surface area contributed by atoms with E-state index >= 15 is 0 Å². The van der Waals surface area contributed by atoms with Gasteiger partial charge in [-0.25, -0.2) is 10.8 Å². The average molecular weight is 337 g/mol. The molecule has 7 heteroatoms. The van der Waals surface area contributed by atoms with Crippen LogP contribution in [0.5, 0.6) is 5.75 Å². The molecule has 20 heavy (non-hydrogen) atoms. The zero-order valence-electron chi connectivity index (χ0n) is 10.7. The number of pyridine rings is 1. The molecule has 1 heterocycles. The number of rotatable bonds is 4. The molecule has 104 valence electrons. The van der Waals surface area contributed by atoms with E-state index in [0.717, 1.165) is 4.47 Å². The lowest BCUT2D eigenvalue weighted by Gasteiger charge is -2.09. The van der Waals surface area contributed by atoms with Crippen molar-refractivity contribution < 1.29 is 9.53 Å². The van der Waals surface area contributed by atoms with Crippen molar-refractivity contribution in [1.82, 2.24) is 4.98 Å². The number of nitrogens with zero attached hydrogens (tertiary/aromatic N) is 1. The number of methoxy groups -OCH3 is 1. The van der Waals surface area contributed by atoms with Gasteiger partial charge < -0.3 is 15.5 Å². The summed E-state index contributed by atoms with van der Waals surface area (Å²) in [7, 11) is 1.56. The normalized spacial score (nSPS) is 9.95. The monoisotopic (exact) mass is 336 g/mol. The Kier molecular flexibility index (Phi) is 4.54. The Morgan fingerprint density at radius 2 is 2.15 bits per heavy atom. The Hall–Kier alpha value is -2.12. The molecule has 0 saturated heterocycles. The number of aromatic nitrogens is 1. The van der Waals surface area contributed by atoms with E-state index in [0.29, 0.717) is 22.8 Å². The molecular formula is C13H13BrN4O2. The standard InChI is InChI=1S/C13H13BrN4O2/c1-20-11-7-9(2-3-10(11)14)17-13(19)8-4-5-16-12(6-8)18-15/h2-7H,15H2,1H3,(H,16,18)(H,17,19). The van der Waals surface area contributed by atoms with Crippen LogP contribution in [0.4, 0.5) is 11.5 Å². The summed E-state index contributed by atoms with van der Waals surface area (Å²) in [6, 6.07) is 8.46. The summed E-state index contributed by atoms with van der Waals surface area (Å²) in [6.07, 6.45) is 1.51. The highest BCUT2D eigenvalue weighted by Crippen LogP contribution is 2.28. The second kappa shape index (κ2) is 6.36. The predicted molar refractivity (Wildman–Crippen MR) is 80.7 cm³/mol. The lowest BCUT2D eigenvalue weighted by molar-refractivity contribution is 0.102. The van der Waals surface area contributed by atoms with Crippen LogP contribution in [0.2, 0.25) is 0 Å². The first kappa shape index (κ1) is 14.3. The van der Waals surface area contributed by atoms with Gasteiger partial charge in [0.05, 0.1) is 11.6 Å². The van der Waals surface area contributed by atoms with Gasteiger partial charge in [-0.2, -0.15) is 0 Å². The molecule has 0 atom stereocenters. The van der Waals surface area contributed by atoms with Crippen molar-refractivity contribution in [2.75, 3.05) is 17.9 Å². The highest BCUT2D eigenvalue weighted by Gasteiger charge is 2.09. The van der Waals surface area contributed by atoms with Crippen LogP contribution in [0.1, 0.15) is 10.4 Å². The second-order valence-electron chi connectivity index (χ2n) is 3.88. The van der Waals surface area contributed by atoms with Crippen molar-refractivity contribution >= 4 is 33.3 Å². The first-order valence-corrected chi connectivity index (χ1v) is 6.51. The molecule has 0 fully saturated rings. The lowest BCUT2D eigenvalue weighted by Crippen LogP contribution is -2.14. The number of hydrogen-bond donors (Lipinski definition) is 3. The summed E-state index contributed by atoms with van der Waals surface area (Å²) in [6.45, 7) is 0. The van der Waals surface area contributed by atoms with E-state index in [4.69, 9.17) is 10.6 Å². The largest absolute Gasteiger partial charge is 0.495 e. The third-order valence-electron chi connectivity index (χ3n) is 2.58. The quantitative estimate of drug-likeness (QED) is 0.589. The lowest BCUT2D eigenvalue weighted by atomic mass is 10.2. The first-order chi connectivity index (χ1) is 9.63. The van der Waals surface area contributed by atoms with Gasteiger partial charge in [-0.05, 0) is 40.2 Å². The number of hydrazine groups is 1. The molecule has 0 aliphatic carbocycles. The summed E-state index contributed by atoms with van der Waals surface area (Å²) >= 11 is 3.35. The van der Waals surface area contributed by atoms with Gasteiger partial charge in [0.1, 0.15) is 11.6 Å². The highest BCUT2D eigenvalue weighted by atomic mass is 79.9. The van der Waals surface area contributed by atoms with E-state index in [9.17, 15) is 4.79 Å². The van der Waals surface area contributed by atoms with Crippen molar-refractivity contribution in [2.45, 2.75) is 0 Å². The zero-order chi connectivity index (χ0) is 14.5. The molecule has 1 aromatic heterocycles. The Labute approximate surface area is 124 Å². The van der Waals surface area contributed by atoms with Crippen molar-refractivity contribution in [1.29, 1.82) is 0 Å². The molecule has 0 aliphatic rings. The SMILES string of the molecule is COc1cc(NC(=O)c2ccnc(NN)c2)ccc1Br. The topological polar surface area (TPSA) is 89.3 Å². The maximum absolute atomic E-state index is 12.1. The van der Waals surface area contributed by atoms with E-state index < -0.39 is 0 Å². The number of nitrogens with one attached hydrogen (secondary N) is 2. The van der Waals surface area contributed by atoms with Gasteiger partial charge in [-0.15, -0.1) is 0 Å². The number of nitrogens with two attached hydrogens (primary N) is 1. The van der Waals surface area contributed by atoms with Crippen LogP contribution in [0.3, 0.4) is 0 Å². The van der Waals surface area contributed by atoms with Crippen molar-refractivity contribution in [3.05, 3.63) is 46.6 Å². The van der Waals surface area contributed by atoms with Crippen LogP contribution in [0, 0.1) is 0 Å². The molecule has 2 aromatic rings. The van der Waals surface area contributed by atoms with Gasteiger partial charge in [0.2, 0.25) is 0 Å². The van der Waals surface area contributed by atoms with E-state index in [2.05, 4.69) is 31.7 Å². The number of amides is 1. The van der Waals surface area contributed by atoms with E-state index in [1.165, 1.54) is 6.20 Å². The Morgan fingerprint density at radius 1 is 1.35 bits per heavy atom. The molecule has 1 amide bonds. The molecule has 0 spiro atoms. The van der Waals surface area contributed by atoms with Gasteiger partial charge in [-0.1, -0.05) is 0 Å². The summed E-state index contributed by atoms with van der Waals surface area (Å²) in [5, 5.41) is 2.78. The number of anilines is 2. The fourth-order valence-corrected chi connectivity index (χ4v) is 2.00. The molecule has 4 N–H and O–H groups in total. The number of carbonyl (C=O) groups excluding carboxylic acids is 1. The minimum atomic E-state index is -0.256. The fraction of sp³-hybridized carbons (Fsp3) is 0.0769. The summed E-state index contributed by atoms with van der Waals surface area (Å²) in [5.74, 6) is 6.07. The molecule has 0 radical (unpaired) electrons. The Morgan fingerprint density at radius 3 is 2.85 bits per heavy atom. The first-order valence-electron chi connectivity index (χ1n) is 5.71. The van der Waals surface area contributed by atoms with Crippen molar-refractivity contribution in [2.24, 2.45) is 5.84 Å². The van der Waals surface area contributed by atoms with E-state index in [1.807, 2.05) is 0 Å². The maximum atomic E-state index is 12.1. The van der Waals surface area contributed by atoms with E-state index in [-0.39, 0.29) is 5.91 Å². The second-order valence-corrected chi connectivity index (χ2v) is 4.73. The predicted octanol–water partition coefficient (Wildman–Crippen LogP) is 2.39. The summed E-state index contributed by atoms with van der Waals surface area (Å²) < 4.78 is 5.99. The molecule has 1 aromatic carbocycles. The number of hydrogen-bond acceptors (Lipinski definition) is 5. The van der Waals surface area contributed by atoms with Crippen LogP contribution in [-0.4, -0.2) is 18.0 Å². The van der Waals surface area contributed by atoms with Crippen LogP contribution in [0.25, 0.3) is 0 Å². The smallest absolute Gasteiger partial charge is 0.255 e. The number of benzene rings is 1. The Bertz CT molecular complexity index is 634. The van der Waals surface area contributed by atoms with Gasteiger partial charge in [0, 0.05) is 23.5 Å². The third kappa shape index (κ3) is 3.25. The molecule has 6 nitrogen and oxygen atoms in total. The number of halogens is 1. The van der Waals surface area contributed by atoms with Crippen LogP contribution in [-0.2, 0) is 0 Å². The minimum Gasteiger partial charge on any atom is -0.495 e. The molecule has 0 saturated carbocycles. The van der Waals surface area contributed by atoms with Gasteiger partial charge in [-0.3, -0.25) is 4.79 Å². The third-order valence-corrected chi connectivity index (χ3v) is 3.23. The van der Waals surface area contributed by atoms with Crippen LogP contribution >= 0.6 is 15.9 Å². The van der Waals surface area contributed by atoms with Crippen molar-refractivity contribution in [3.8, 4) is 5.75 Å². The molecule has 0 bridgehead atoms. The van der Waals surface area contributed by atoms with Gasteiger partial charge in [0.25, 0.3) is 5.91 Å². The van der Waals surface area contributed by atoms with Crippen LogP contribution in [0.15, 0.2) is 41.0 Å². The molecule has 2 rings (SSSR count). The Balaban J connectivity index is 2.18. The number of ether oxygens (including phenoxy) is 1. The summed E-state index contributed by atoms with van der Waals surface area (Å²) in [4.78, 5) is 16.1. The van der Waals surface area contributed by atoms with Gasteiger partial charge >= 0.3 is 0 Å². The fourth-order valence-electron chi connectivity index (χ4n) is 1.59. The van der Waals surface area contributed by atoms with Crippen molar-refractivity contribution in [3.63, 3.8) is 0 Å². The number of carbonyl (C=O) groups is 1. The molecule has 0 aliphatic heterocycles. The zero-order valence-corrected chi connectivity index (χ0v) is 12.3. The average Bonchev–Trinajstić information content (AvgIpc) is 2.49. The highest BCUT2D eigenvalue weighted by molar-refractivity contribution is 9.10. The van der Waals surface area contributed by atoms with E-state index in [1.54, 1.807) is 37.4 Å². The minimum absolute atomic E-state index is 0.256. The summed E-state index contributed by atoms with van der Waals surface area (Å²) in [5.41, 5.74) is 3.48. The molecular weight excluding hydrogens is 324 g/mol.